The Morgan fingerprint density at radius 2 is 2.17 bits per heavy atom. The number of hydrogen-bond donors (Lipinski definition) is 1. The van der Waals surface area contributed by atoms with Gasteiger partial charge in [0.15, 0.2) is 9.84 Å². The molecule has 0 radical (unpaired) electrons. The molecule has 1 saturated heterocycles. The second kappa shape index (κ2) is 5.20. The van der Waals surface area contributed by atoms with Crippen LogP contribution in [0.4, 0.5) is 0 Å². The molecule has 1 aromatic rings. The molecule has 4 nitrogen and oxygen atoms in total. The number of aldehydes is 1. The summed E-state index contributed by atoms with van der Waals surface area (Å²) in [6.45, 7) is 0. The standard InChI is InChI=1S/C13H16O4S/c14-8-10-3-1-4-11(7-10)13(15)12-5-2-6-18(16,17)9-12/h1,3-4,7-8,12-13,15H,2,5-6,9H2. The van der Waals surface area contributed by atoms with Gasteiger partial charge >= 0.3 is 0 Å². The molecule has 2 unspecified atom stereocenters. The molecule has 1 fully saturated rings. The predicted molar refractivity (Wildman–Crippen MR) is 68.2 cm³/mol. The fourth-order valence-electron chi connectivity index (χ4n) is 2.40. The lowest BCUT2D eigenvalue weighted by molar-refractivity contribution is 0.110. The Hall–Kier alpha value is -1.20. The maximum absolute atomic E-state index is 11.6. The highest BCUT2D eigenvalue weighted by atomic mass is 32.2. The molecule has 98 valence electrons. The number of sulfone groups is 1. The summed E-state index contributed by atoms with van der Waals surface area (Å²) >= 11 is 0. The van der Waals surface area contributed by atoms with E-state index in [1.165, 1.54) is 0 Å². The summed E-state index contributed by atoms with van der Waals surface area (Å²) in [5.74, 6) is -0.0324. The van der Waals surface area contributed by atoms with Crippen LogP contribution in [0.3, 0.4) is 0 Å². The number of aliphatic hydroxyl groups is 1. The van der Waals surface area contributed by atoms with Crippen molar-refractivity contribution in [2.75, 3.05) is 11.5 Å². The van der Waals surface area contributed by atoms with Gasteiger partial charge in [-0.1, -0.05) is 18.2 Å². The zero-order valence-corrected chi connectivity index (χ0v) is 10.8. The Kier molecular flexibility index (Phi) is 3.82. The third kappa shape index (κ3) is 2.97. The SMILES string of the molecule is O=Cc1cccc(C(O)C2CCCS(=O)(=O)C2)c1. The van der Waals surface area contributed by atoms with Crippen molar-refractivity contribution in [1.29, 1.82) is 0 Å². The van der Waals surface area contributed by atoms with E-state index in [1.807, 2.05) is 0 Å². The number of rotatable bonds is 3. The topological polar surface area (TPSA) is 71.4 Å². The molecule has 2 rings (SSSR count). The molecule has 1 N–H and O–H groups in total. The zero-order chi connectivity index (χ0) is 13.2. The van der Waals surface area contributed by atoms with Gasteiger partial charge in [-0.2, -0.15) is 0 Å². The molecule has 0 bridgehead atoms. The summed E-state index contributed by atoms with van der Waals surface area (Å²) in [6, 6.07) is 6.68. The fourth-order valence-corrected chi connectivity index (χ4v) is 4.17. The van der Waals surface area contributed by atoms with Crippen molar-refractivity contribution in [3.63, 3.8) is 0 Å². The normalized spacial score (nSPS) is 24.4. The van der Waals surface area contributed by atoms with Crippen molar-refractivity contribution in [3.05, 3.63) is 35.4 Å². The maximum Gasteiger partial charge on any atom is 0.150 e. The summed E-state index contributed by atoms with van der Waals surface area (Å²) in [4.78, 5) is 10.7. The van der Waals surface area contributed by atoms with Gasteiger partial charge in [0, 0.05) is 11.5 Å². The largest absolute Gasteiger partial charge is 0.388 e. The second-order valence-corrected chi connectivity index (χ2v) is 6.98. The highest BCUT2D eigenvalue weighted by Gasteiger charge is 2.30. The van der Waals surface area contributed by atoms with Gasteiger partial charge < -0.3 is 5.11 Å². The van der Waals surface area contributed by atoms with E-state index in [4.69, 9.17) is 0 Å². The van der Waals surface area contributed by atoms with Gasteiger partial charge in [-0.15, -0.1) is 0 Å². The lowest BCUT2D eigenvalue weighted by Crippen LogP contribution is -2.29. The first kappa shape index (κ1) is 13.2. The summed E-state index contributed by atoms with van der Waals surface area (Å²) in [5.41, 5.74) is 1.10. The van der Waals surface area contributed by atoms with E-state index < -0.39 is 15.9 Å². The third-order valence-corrected chi connectivity index (χ3v) is 5.18. The van der Waals surface area contributed by atoms with Crippen LogP contribution >= 0.6 is 0 Å². The Morgan fingerprint density at radius 1 is 1.39 bits per heavy atom. The summed E-state index contributed by atoms with van der Waals surface area (Å²) in [7, 11) is -3.03. The van der Waals surface area contributed by atoms with Crippen LogP contribution in [0, 0.1) is 5.92 Å². The summed E-state index contributed by atoms with van der Waals surface area (Å²) in [6.07, 6.45) is 1.19. The van der Waals surface area contributed by atoms with Crippen LogP contribution in [0.5, 0.6) is 0 Å². The summed E-state index contributed by atoms with van der Waals surface area (Å²) in [5, 5.41) is 10.2. The molecule has 2 atom stereocenters. The van der Waals surface area contributed by atoms with E-state index in [0.717, 1.165) is 0 Å². The monoisotopic (exact) mass is 268 g/mol. The van der Waals surface area contributed by atoms with Crippen molar-refractivity contribution in [1.82, 2.24) is 0 Å². The maximum atomic E-state index is 11.6. The minimum absolute atomic E-state index is 0.0273. The quantitative estimate of drug-likeness (QED) is 0.840. The number of carbonyl (C=O) groups excluding carboxylic acids is 1. The number of aliphatic hydroxyl groups excluding tert-OH is 1. The fraction of sp³-hybridized carbons (Fsp3) is 0.462. The Balaban J connectivity index is 2.19. The highest BCUT2D eigenvalue weighted by Crippen LogP contribution is 2.30. The Labute approximate surface area is 107 Å². The average Bonchev–Trinajstić information content (AvgIpc) is 2.37. The molecular weight excluding hydrogens is 252 g/mol. The van der Waals surface area contributed by atoms with Gasteiger partial charge in [0.05, 0.1) is 17.6 Å². The van der Waals surface area contributed by atoms with Crippen LogP contribution in [-0.4, -0.2) is 31.3 Å². The first-order chi connectivity index (χ1) is 8.52. The first-order valence-electron chi connectivity index (χ1n) is 5.95. The van der Waals surface area contributed by atoms with Crippen molar-refractivity contribution >= 4 is 16.1 Å². The van der Waals surface area contributed by atoms with Crippen molar-refractivity contribution in [3.8, 4) is 0 Å². The van der Waals surface area contributed by atoms with Gasteiger partial charge in [-0.3, -0.25) is 4.79 Å². The molecule has 18 heavy (non-hydrogen) atoms. The number of hydrogen-bond acceptors (Lipinski definition) is 4. The van der Waals surface area contributed by atoms with E-state index in [1.54, 1.807) is 24.3 Å². The average molecular weight is 268 g/mol. The highest BCUT2D eigenvalue weighted by molar-refractivity contribution is 7.91. The number of carbonyl (C=O) groups is 1. The van der Waals surface area contributed by atoms with Crippen LogP contribution in [0.2, 0.25) is 0 Å². The molecule has 1 aromatic carbocycles. The van der Waals surface area contributed by atoms with E-state index in [9.17, 15) is 18.3 Å². The molecule has 0 spiro atoms. The van der Waals surface area contributed by atoms with Gasteiger partial charge in [0.2, 0.25) is 0 Å². The second-order valence-electron chi connectivity index (χ2n) is 4.75. The van der Waals surface area contributed by atoms with Crippen molar-refractivity contribution in [2.45, 2.75) is 18.9 Å². The molecule has 1 aliphatic heterocycles. The van der Waals surface area contributed by atoms with Crippen molar-refractivity contribution in [2.24, 2.45) is 5.92 Å². The molecule has 0 aromatic heterocycles. The van der Waals surface area contributed by atoms with Crippen molar-refractivity contribution < 1.29 is 18.3 Å². The van der Waals surface area contributed by atoms with Gasteiger partial charge in [0.1, 0.15) is 6.29 Å². The van der Waals surface area contributed by atoms with Crippen LogP contribution in [0.1, 0.15) is 34.9 Å². The van der Waals surface area contributed by atoms with Crippen LogP contribution in [0.25, 0.3) is 0 Å². The van der Waals surface area contributed by atoms with Gasteiger partial charge in [-0.05, 0) is 24.5 Å². The molecule has 1 aliphatic rings. The number of benzene rings is 1. The Morgan fingerprint density at radius 3 is 2.83 bits per heavy atom. The first-order valence-corrected chi connectivity index (χ1v) is 7.77. The zero-order valence-electron chi connectivity index (χ0n) is 9.95. The van der Waals surface area contributed by atoms with Gasteiger partial charge in [0.25, 0.3) is 0 Å². The molecule has 0 aliphatic carbocycles. The van der Waals surface area contributed by atoms with E-state index in [0.29, 0.717) is 30.3 Å². The molecule has 1 heterocycles. The third-order valence-electron chi connectivity index (χ3n) is 3.33. The van der Waals surface area contributed by atoms with Crippen LogP contribution in [-0.2, 0) is 9.84 Å². The molecule has 0 saturated carbocycles. The Bertz CT molecular complexity index is 536. The van der Waals surface area contributed by atoms with E-state index in [-0.39, 0.29) is 17.4 Å². The lowest BCUT2D eigenvalue weighted by atomic mass is 9.92. The minimum Gasteiger partial charge on any atom is -0.388 e. The van der Waals surface area contributed by atoms with E-state index in [2.05, 4.69) is 0 Å². The smallest absolute Gasteiger partial charge is 0.150 e. The summed E-state index contributed by atoms with van der Waals surface area (Å²) < 4.78 is 23.1. The molecular formula is C13H16O4S. The lowest BCUT2D eigenvalue weighted by Gasteiger charge is -2.26. The molecule has 5 heteroatoms. The predicted octanol–water partition coefficient (Wildman–Crippen LogP) is 1.36. The van der Waals surface area contributed by atoms with E-state index >= 15 is 0 Å². The molecule has 0 amide bonds. The minimum atomic E-state index is -3.03. The van der Waals surface area contributed by atoms with Gasteiger partial charge in [-0.25, -0.2) is 8.42 Å². The van der Waals surface area contributed by atoms with Crippen LogP contribution < -0.4 is 0 Å². The van der Waals surface area contributed by atoms with Crippen LogP contribution in [0.15, 0.2) is 24.3 Å².